The summed E-state index contributed by atoms with van der Waals surface area (Å²) in [5, 5.41) is 3.05. The standard InChI is InChI=1S/C19H24N4O2/c1-2-25-18-13-20-12-17(22-18)23-10-6-7-15(14-23)11-21-19(24)16-8-4-3-5-9-16/h3-5,8-9,12-13,15H,2,6-7,10-11,14H2,1H3,(H,21,24)/t15-/m1/s1. The number of amides is 1. The minimum Gasteiger partial charge on any atom is -0.477 e. The molecular weight excluding hydrogens is 316 g/mol. The van der Waals surface area contributed by atoms with Gasteiger partial charge in [-0.05, 0) is 37.8 Å². The number of benzene rings is 1. The lowest BCUT2D eigenvalue weighted by molar-refractivity contribution is 0.0945. The number of aromatic nitrogens is 2. The highest BCUT2D eigenvalue weighted by molar-refractivity contribution is 5.94. The van der Waals surface area contributed by atoms with Gasteiger partial charge in [0, 0.05) is 25.2 Å². The highest BCUT2D eigenvalue weighted by Gasteiger charge is 2.22. The van der Waals surface area contributed by atoms with Crippen LogP contribution in [0.25, 0.3) is 0 Å². The van der Waals surface area contributed by atoms with Crippen LogP contribution in [0.5, 0.6) is 5.88 Å². The van der Waals surface area contributed by atoms with Crippen LogP contribution in [0.2, 0.25) is 0 Å². The third-order valence-corrected chi connectivity index (χ3v) is 4.32. The van der Waals surface area contributed by atoms with E-state index in [4.69, 9.17) is 4.74 Å². The average molecular weight is 340 g/mol. The fourth-order valence-electron chi connectivity index (χ4n) is 3.08. The molecule has 6 heteroatoms. The molecule has 1 aliphatic heterocycles. The molecular formula is C19H24N4O2. The summed E-state index contributed by atoms with van der Waals surface area (Å²) in [7, 11) is 0. The van der Waals surface area contributed by atoms with Crippen LogP contribution in [0.15, 0.2) is 42.7 Å². The molecule has 1 aliphatic rings. The fourth-order valence-corrected chi connectivity index (χ4v) is 3.08. The predicted octanol–water partition coefficient (Wildman–Crippen LogP) is 2.52. The smallest absolute Gasteiger partial charge is 0.251 e. The lowest BCUT2D eigenvalue weighted by Crippen LogP contribution is -2.41. The highest BCUT2D eigenvalue weighted by atomic mass is 16.5. The molecule has 25 heavy (non-hydrogen) atoms. The molecule has 1 aromatic carbocycles. The van der Waals surface area contributed by atoms with Crippen LogP contribution in [0.4, 0.5) is 5.82 Å². The molecule has 132 valence electrons. The number of carbonyl (C=O) groups is 1. The maximum atomic E-state index is 12.2. The summed E-state index contributed by atoms with van der Waals surface area (Å²) in [4.78, 5) is 23.1. The summed E-state index contributed by atoms with van der Waals surface area (Å²) in [6.45, 7) is 4.99. The van der Waals surface area contributed by atoms with Gasteiger partial charge in [0.15, 0.2) is 5.82 Å². The quantitative estimate of drug-likeness (QED) is 0.875. The zero-order chi connectivity index (χ0) is 17.5. The van der Waals surface area contributed by atoms with Crippen LogP contribution in [-0.4, -0.2) is 42.1 Å². The van der Waals surface area contributed by atoms with Gasteiger partial charge < -0.3 is 15.0 Å². The molecule has 6 nitrogen and oxygen atoms in total. The number of hydrogen-bond acceptors (Lipinski definition) is 5. The number of piperidine rings is 1. The van der Waals surface area contributed by atoms with Gasteiger partial charge >= 0.3 is 0 Å². The van der Waals surface area contributed by atoms with Crippen LogP contribution in [-0.2, 0) is 0 Å². The van der Waals surface area contributed by atoms with Crippen molar-refractivity contribution in [3.8, 4) is 5.88 Å². The molecule has 1 amide bonds. The molecule has 0 radical (unpaired) electrons. The molecule has 0 saturated carbocycles. The van der Waals surface area contributed by atoms with Crippen LogP contribution in [0, 0.1) is 5.92 Å². The molecule has 0 spiro atoms. The number of ether oxygens (including phenoxy) is 1. The zero-order valence-electron chi connectivity index (χ0n) is 14.5. The van der Waals surface area contributed by atoms with Crippen molar-refractivity contribution in [3.05, 3.63) is 48.3 Å². The second kappa shape index (κ2) is 8.46. The largest absolute Gasteiger partial charge is 0.477 e. The van der Waals surface area contributed by atoms with E-state index in [-0.39, 0.29) is 5.91 Å². The van der Waals surface area contributed by atoms with Gasteiger partial charge in [-0.25, -0.2) is 0 Å². The SMILES string of the molecule is CCOc1cncc(N2CCC[C@H](CNC(=O)c3ccccc3)C2)n1. The van der Waals surface area contributed by atoms with Crippen LogP contribution >= 0.6 is 0 Å². The molecule has 3 rings (SSSR count). The van der Waals surface area contributed by atoms with E-state index in [1.807, 2.05) is 37.3 Å². The van der Waals surface area contributed by atoms with Crippen LogP contribution < -0.4 is 15.0 Å². The van der Waals surface area contributed by atoms with Crippen molar-refractivity contribution in [2.24, 2.45) is 5.92 Å². The Morgan fingerprint density at radius 3 is 2.96 bits per heavy atom. The number of nitrogens with one attached hydrogen (secondary N) is 1. The Bertz CT molecular complexity index is 693. The van der Waals surface area contributed by atoms with E-state index in [0.717, 1.165) is 31.7 Å². The van der Waals surface area contributed by atoms with Gasteiger partial charge in [-0.3, -0.25) is 9.78 Å². The lowest BCUT2D eigenvalue weighted by Gasteiger charge is -2.33. The zero-order valence-corrected chi connectivity index (χ0v) is 14.5. The maximum Gasteiger partial charge on any atom is 0.251 e. The van der Waals surface area contributed by atoms with Crippen molar-refractivity contribution in [3.63, 3.8) is 0 Å². The van der Waals surface area contributed by atoms with Crippen LogP contribution in [0.1, 0.15) is 30.1 Å². The van der Waals surface area contributed by atoms with E-state index in [9.17, 15) is 4.79 Å². The average Bonchev–Trinajstić information content (AvgIpc) is 2.67. The van der Waals surface area contributed by atoms with Crippen molar-refractivity contribution in [2.45, 2.75) is 19.8 Å². The molecule has 0 bridgehead atoms. The summed E-state index contributed by atoms with van der Waals surface area (Å²) in [6, 6.07) is 9.32. The molecule has 1 atom stereocenters. The van der Waals surface area contributed by atoms with E-state index >= 15 is 0 Å². The molecule has 0 unspecified atom stereocenters. The number of nitrogens with zero attached hydrogens (tertiary/aromatic N) is 3. The normalized spacial score (nSPS) is 17.2. The summed E-state index contributed by atoms with van der Waals surface area (Å²) in [5.74, 6) is 1.78. The minimum absolute atomic E-state index is 0.0177. The Morgan fingerprint density at radius 1 is 1.32 bits per heavy atom. The summed E-state index contributed by atoms with van der Waals surface area (Å²) < 4.78 is 5.43. The van der Waals surface area contributed by atoms with Gasteiger partial charge in [-0.1, -0.05) is 18.2 Å². The molecule has 1 saturated heterocycles. The van der Waals surface area contributed by atoms with Crippen molar-refractivity contribution >= 4 is 11.7 Å². The topological polar surface area (TPSA) is 67.3 Å². The van der Waals surface area contributed by atoms with E-state index in [2.05, 4.69) is 20.2 Å². The van der Waals surface area contributed by atoms with Gasteiger partial charge in [0.1, 0.15) is 0 Å². The van der Waals surface area contributed by atoms with E-state index in [0.29, 0.717) is 30.5 Å². The molecule has 2 aromatic rings. The summed E-state index contributed by atoms with van der Waals surface area (Å²) >= 11 is 0. The number of anilines is 1. The number of carbonyl (C=O) groups excluding carboxylic acids is 1. The lowest BCUT2D eigenvalue weighted by atomic mass is 9.98. The monoisotopic (exact) mass is 340 g/mol. The van der Waals surface area contributed by atoms with Gasteiger partial charge in [0.2, 0.25) is 5.88 Å². The van der Waals surface area contributed by atoms with Gasteiger partial charge in [0.25, 0.3) is 5.91 Å². The molecule has 1 aromatic heterocycles. The van der Waals surface area contributed by atoms with Crippen molar-refractivity contribution in [1.29, 1.82) is 0 Å². The number of rotatable bonds is 6. The Hall–Kier alpha value is -2.63. The minimum atomic E-state index is -0.0177. The molecule has 0 aliphatic carbocycles. The predicted molar refractivity (Wildman–Crippen MR) is 96.9 cm³/mol. The van der Waals surface area contributed by atoms with Gasteiger partial charge in [-0.2, -0.15) is 4.98 Å². The first-order valence-corrected chi connectivity index (χ1v) is 8.79. The highest BCUT2D eigenvalue weighted by Crippen LogP contribution is 2.22. The Morgan fingerprint density at radius 2 is 2.16 bits per heavy atom. The Labute approximate surface area is 148 Å². The Balaban J connectivity index is 1.56. The van der Waals surface area contributed by atoms with Crippen molar-refractivity contribution in [2.75, 3.05) is 31.1 Å². The summed E-state index contributed by atoms with van der Waals surface area (Å²) in [6.07, 6.45) is 5.58. The molecule has 1 fully saturated rings. The number of hydrogen-bond donors (Lipinski definition) is 1. The first-order chi connectivity index (χ1) is 12.3. The second-order valence-electron chi connectivity index (χ2n) is 6.18. The van der Waals surface area contributed by atoms with E-state index in [1.165, 1.54) is 0 Å². The Kier molecular flexibility index (Phi) is 5.82. The third-order valence-electron chi connectivity index (χ3n) is 4.32. The van der Waals surface area contributed by atoms with Crippen molar-refractivity contribution in [1.82, 2.24) is 15.3 Å². The first-order valence-electron chi connectivity index (χ1n) is 8.79. The first kappa shape index (κ1) is 17.2. The van der Waals surface area contributed by atoms with Crippen molar-refractivity contribution < 1.29 is 9.53 Å². The fraction of sp³-hybridized carbons (Fsp3) is 0.421. The molecule has 1 N–H and O–H groups in total. The van der Waals surface area contributed by atoms with Gasteiger partial charge in [0.05, 0.1) is 19.0 Å². The van der Waals surface area contributed by atoms with Gasteiger partial charge in [-0.15, -0.1) is 0 Å². The van der Waals surface area contributed by atoms with Crippen LogP contribution in [0.3, 0.4) is 0 Å². The maximum absolute atomic E-state index is 12.2. The molecule has 2 heterocycles. The van der Waals surface area contributed by atoms with E-state index in [1.54, 1.807) is 12.4 Å². The third kappa shape index (κ3) is 4.68. The summed E-state index contributed by atoms with van der Waals surface area (Å²) in [5.41, 5.74) is 0.699. The van der Waals surface area contributed by atoms with E-state index < -0.39 is 0 Å². The second-order valence-corrected chi connectivity index (χ2v) is 6.18.